The Balaban J connectivity index is 0.000000980. The Labute approximate surface area is 85.4 Å². The van der Waals surface area contributed by atoms with Gasteiger partial charge in [-0.3, -0.25) is 0 Å². The zero-order valence-corrected chi connectivity index (χ0v) is 8.48. The highest BCUT2D eigenvalue weighted by Crippen LogP contribution is 2.02. The third kappa shape index (κ3) is 1.24. The maximum atomic E-state index is 11.3. The van der Waals surface area contributed by atoms with E-state index in [4.69, 9.17) is 0 Å². The summed E-state index contributed by atoms with van der Waals surface area (Å²) in [5.74, 6) is 0. The first-order valence-corrected chi connectivity index (χ1v) is 3.71. The molecule has 0 fully saturated rings. The molecular weight excluding hydrogens is 208 g/mol. The van der Waals surface area contributed by atoms with Crippen molar-refractivity contribution in [2.24, 2.45) is 14.1 Å². The zero-order valence-electron chi connectivity index (χ0n) is 7.67. The van der Waals surface area contributed by atoms with Gasteiger partial charge >= 0.3 is 5.69 Å². The summed E-state index contributed by atoms with van der Waals surface area (Å²) < 4.78 is 3.20. The van der Waals surface area contributed by atoms with Crippen LogP contribution in [-0.4, -0.2) is 14.1 Å². The van der Waals surface area contributed by atoms with Crippen LogP contribution in [0.2, 0.25) is 0 Å². The molecule has 0 unspecified atom stereocenters. The second-order valence-electron chi connectivity index (χ2n) is 2.88. The SMILES string of the molecule is Cl.Cn1cc2c(ncn2C)[n+]([O-])c1=O. The van der Waals surface area contributed by atoms with Crippen LogP contribution in [0.5, 0.6) is 0 Å². The summed E-state index contributed by atoms with van der Waals surface area (Å²) >= 11 is 0. The van der Waals surface area contributed by atoms with Gasteiger partial charge in [0.2, 0.25) is 0 Å². The summed E-state index contributed by atoms with van der Waals surface area (Å²) in [6.45, 7) is 0. The Bertz CT molecular complexity index is 530. The highest BCUT2D eigenvalue weighted by atomic mass is 35.5. The van der Waals surface area contributed by atoms with Gasteiger partial charge in [-0.05, 0) is 0 Å². The van der Waals surface area contributed by atoms with Crippen LogP contribution in [0.3, 0.4) is 0 Å². The van der Waals surface area contributed by atoms with Crippen molar-refractivity contribution in [1.82, 2.24) is 14.1 Å². The molecule has 0 amide bonds. The van der Waals surface area contributed by atoms with Crippen molar-refractivity contribution < 1.29 is 4.73 Å². The molecule has 7 heteroatoms. The van der Waals surface area contributed by atoms with E-state index in [9.17, 15) is 10.0 Å². The van der Waals surface area contributed by atoms with E-state index in [0.717, 1.165) is 0 Å². The standard InChI is InChI=1S/C7H8N4O2.ClH/c1-9-3-5-6(8-4-10(5)2)11(13)7(9)12;/h3-4H,1-2H3;1H. The number of hydrogen-bond donors (Lipinski definition) is 0. The van der Waals surface area contributed by atoms with Crippen LogP contribution in [0, 0.1) is 5.21 Å². The molecule has 76 valence electrons. The van der Waals surface area contributed by atoms with Crippen LogP contribution in [0.1, 0.15) is 0 Å². The predicted octanol–water partition coefficient (Wildman–Crippen LogP) is -0.673. The number of imidazole rings is 1. The van der Waals surface area contributed by atoms with Crippen molar-refractivity contribution in [3.63, 3.8) is 0 Å². The molecule has 0 saturated heterocycles. The average molecular weight is 217 g/mol. The number of aromatic nitrogens is 4. The van der Waals surface area contributed by atoms with Crippen molar-refractivity contribution in [3.8, 4) is 0 Å². The van der Waals surface area contributed by atoms with E-state index in [0.29, 0.717) is 5.52 Å². The van der Waals surface area contributed by atoms with Crippen molar-refractivity contribution in [1.29, 1.82) is 0 Å². The molecular formula is C7H9ClN4O2. The molecule has 0 aromatic carbocycles. The van der Waals surface area contributed by atoms with Gasteiger partial charge in [0.25, 0.3) is 5.65 Å². The fourth-order valence-electron chi connectivity index (χ4n) is 1.21. The summed E-state index contributed by atoms with van der Waals surface area (Å²) in [6.07, 6.45) is 3.08. The van der Waals surface area contributed by atoms with Gasteiger partial charge in [-0.15, -0.1) is 12.4 Å². The van der Waals surface area contributed by atoms with E-state index >= 15 is 0 Å². The molecule has 0 spiro atoms. The van der Waals surface area contributed by atoms with Gasteiger partial charge in [-0.25, -0.2) is 14.1 Å². The highest BCUT2D eigenvalue weighted by molar-refractivity contribution is 5.85. The van der Waals surface area contributed by atoms with Crippen LogP contribution in [0.15, 0.2) is 17.3 Å². The van der Waals surface area contributed by atoms with E-state index in [-0.39, 0.29) is 22.8 Å². The topological polar surface area (TPSA) is 66.8 Å². The fourth-order valence-corrected chi connectivity index (χ4v) is 1.21. The molecule has 0 atom stereocenters. The van der Waals surface area contributed by atoms with Gasteiger partial charge in [0.05, 0.1) is 13.2 Å². The largest absolute Gasteiger partial charge is 0.737 e. The summed E-state index contributed by atoms with van der Waals surface area (Å²) in [5, 5.41) is 11.3. The van der Waals surface area contributed by atoms with Crippen LogP contribution in [0.4, 0.5) is 0 Å². The second kappa shape index (κ2) is 3.30. The number of fused-ring (bicyclic) bond motifs is 1. The van der Waals surface area contributed by atoms with Gasteiger partial charge in [0.15, 0.2) is 11.8 Å². The molecule has 0 bridgehead atoms. The fraction of sp³-hybridized carbons (Fsp3) is 0.286. The minimum Gasteiger partial charge on any atom is -0.737 e. The Morgan fingerprint density at radius 3 is 2.71 bits per heavy atom. The number of halogens is 1. The second-order valence-corrected chi connectivity index (χ2v) is 2.88. The molecule has 2 rings (SSSR count). The molecule has 0 aliphatic rings. The molecule has 0 N–H and O–H groups in total. The lowest BCUT2D eigenvalue weighted by Crippen LogP contribution is -2.50. The first-order chi connectivity index (χ1) is 6.11. The lowest BCUT2D eigenvalue weighted by atomic mass is 10.5. The van der Waals surface area contributed by atoms with Gasteiger partial charge in [0, 0.05) is 7.05 Å². The van der Waals surface area contributed by atoms with E-state index in [1.807, 2.05) is 0 Å². The summed E-state index contributed by atoms with van der Waals surface area (Å²) in [6, 6.07) is 0. The van der Waals surface area contributed by atoms with Crippen molar-refractivity contribution in [3.05, 3.63) is 28.2 Å². The minimum atomic E-state index is -0.619. The van der Waals surface area contributed by atoms with E-state index in [1.165, 1.54) is 17.9 Å². The molecule has 0 aliphatic carbocycles. The third-order valence-corrected chi connectivity index (χ3v) is 1.95. The van der Waals surface area contributed by atoms with Crippen molar-refractivity contribution >= 4 is 23.6 Å². The number of nitrogens with zero attached hydrogens (tertiary/aromatic N) is 4. The first-order valence-electron chi connectivity index (χ1n) is 3.71. The Morgan fingerprint density at radius 1 is 1.43 bits per heavy atom. The average Bonchev–Trinajstić information content (AvgIpc) is 2.45. The monoisotopic (exact) mass is 216 g/mol. The molecule has 2 aromatic rings. The summed E-state index contributed by atoms with van der Waals surface area (Å²) in [5.41, 5.74) is 0.175. The Kier molecular flexibility index (Phi) is 2.48. The number of aryl methyl sites for hydroxylation is 2. The van der Waals surface area contributed by atoms with Crippen molar-refractivity contribution in [2.75, 3.05) is 0 Å². The lowest BCUT2D eigenvalue weighted by Gasteiger charge is -2.03. The van der Waals surface area contributed by atoms with Gasteiger partial charge < -0.3 is 9.77 Å². The predicted molar refractivity (Wildman–Crippen MR) is 52.2 cm³/mol. The number of hydrogen-bond acceptors (Lipinski definition) is 3. The summed E-state index contributed by atoms with van der Waals surface area (Å²) in [4.78, 5) is 15.0. The molecule has 0 saturated carbocycles. The lowest BCUT2D eigenvalue weighted by molar-refractivity contribution is -0.600. The first kappa shape index (κ1) is 10.5. The van der Waals surface area contributed by atoms with Crippen LogP contribution in [0.25, 0.3) is 11.2 Å². The minimum absolute atomic E-state index is 0. The zero-order chi connectivity index (χ0) is 9.59. The van der Waals surface area contributed by atoms with E-state index in [1.54, 1.807) is 17.8 Å². The summed E-state index contributed by atoms with van der Waals surface area (Å²) in [7, 11) is 3.29. The van der Waals surface area contributed by atoms with Gasteiger partial charge in [-0.2, -0.15) is 0 Å². The smallest absolute Gasteiger partial charge is 0.443 e. The molecule has 2 aromatic heterocycles. The quantitative estimate of drug-likeness (QED) is 0.433. The van der Waals surface area contributed by atoms with Crippen molar-refractivity contribution in [2.45, 2.75) is 0 Å². The van der Waals surface area contributed by atoms with Crippen LogP contribution in [-0.2, 0) is 14.1 Å². The number of rotatable bonds is 0. The molecule has 0 radical (unpaired) electrons. The van der Waals surface area contributed by atoms with E-state index < -0.39 is 5.69 Å². The van der Waals surface area contributed by atoms with Gasteiger partial charge in [-0.1, -0.05) is 4.98 Å². The van der Waals surface area contributed by atoms with E-state index in [2.05, 4.69) is 4.98 Å². The van der Waals surface area contributed by atoms with Gasteiger partial charge in [0.1, 0.15) is 0 Å². The Morgan fingerprint density at radius 2 is 2.07 bits per heavy atom. The van der Waals surface area contributed by atoms with Crippen LogP contribution >= 0.6 is 12.4 Å². The normalized spacial score (nSPS) is 10.1. The molecule has 14 heavy (non-hydrogen) atoms. The van der Waals surface area contributed by atoms with Crippen LogP contribution < -0.4 is 10.4 Å². The third-order valence-electron chi connectivity index (χ3n) is 1.95. The maximum absolute atomic E-state index is 11.3. The molecule has 6 nitrogen and oxygen atoms in total. The maximum Gasteiger partial charge on any atom is 0.443 e. The molecule has 0 aliphatic heterocycles. The Hall–Kier alpha value is -1.56. The molecule has 2 heterocycles. The highest BCUT2D eigenvalue weighted by Gasteiger charge is 2.11.